The fraction of sp³-hybridized carbons (Fsp3) is 0.762. The SMILES string of the molecule is C[C@]12CCC(=O)C=C1CC[C@@H]1[C@@H]2[C@@H](O)C[C@@]2(C)[C@H]1CC[C@]2(O)C(=O)C=O. The van der Waals surface area contributed by atoms with Gasteiger partial charge in [-0.25, -0.2) is 0 Å². The first-order valence-corrected chi connectivity index (χ1v) is 9.81. The molecule has 2 N–H and O–H groups in total. The van der Waals surface area contributed by atoms with Gasteiger partial charge in [0.15, 0.2) is 12.1 Å². The number of fused-ring (bicyclic) bond motifs is 5. The van der Waals surface area contributed by atoms with Gasteiger partial charge in [0, 0.05) is 11.8 Å². The van der Waals surface area contributed by atoms with Crippen LogP contribution >= 0.6 is 0 Å². The molecular formula is C21H28O5. The minimum absolute atomic E-state index is 0.0439. The first-order valence-electron chi connectivity index (χ1n) is 9.81. The van der Waals surface area contributed by atoms with E-state index in [1.54, 1.807) is 6.08 Å². The molecule has 4 aliphatic rings. The lowest BCUT2D eigenvalue weighted by Gasteiger charge is -2.60. The molecule has 7 atom stereocenters. The van der Waals surface area contributed by atoms with Gasteiger partial charge < -0.3 is 10.2 Å². The molecule has 0 aromatic heterocycles. The minimum Gasteiger partial charge on any atom is -0.393 e. The Bertz CT molecular complexity index is 711. The van der Waals surface area contributed by atoms with Gasteiger partial charge in [-0.15, -0.1) is 0 Å². The second kappa shape index (κ2) is 5.59. The van der Waals surface area contributed by atoms with Crippen molar-refractivity contribution in [3.8, 4) is 0 Å². The van der Waals surface area contributed by atoms with Crippen LogP contribution in [0.15, 0.2) is 11.6 Å². The number of allylic oxidation sites excluding steroid dienone is 1. The highest BCUT2D eigenvalue weighted by Gasteiger charge is 2.68. The summed E-state index contributed by atoms with van der Waals surface area (Å²) in [6.07, 6.45) is 5.68. The third-order valence-electron chi connectivity index (χ3n) is 8.56. The van der Waals surface area contributed by atoms with Gasteiger partial charge in [-0.2, -0.15) is 0 Å². The summed E-state index contributed by atoms with van der Waals surface area (Å²) in [5.74, 6) is -0.215. The van der Waals surface area contributed by atoms with Gasteiger partial charge in [0.1, 0.15) is 5.60 Å². The number of ketones is 2. The van der Waals surface area contributed by atoms with Crippen molar-refractivity contribution in [2.24, 2.45) is 28.6 Å². The highest BCUT2D eigenvalue weighted by Crippen LogP contribution is 2.67. The van der Waals surface area contributed by atoms with Crippen molar-refractivity contribution in [3.63, 3.8) is 0 Å². The quantitative estimate of drug-likeness (QED) is 0.580. The molecule has 5 nitrogen and oxygen atoms in total. The maximum atomic E-state index is 12.2. The Labute approximate surface area is 153 Å². The Morgan fingerprint density at radius 2 is 1.96 bits per heavy atom. The van der Waals surface area contributed by atoms with Gasteiger partial charge in [-0.05, 0) is 67.8 Å². The van der Waals surface area contributed by atoms with Gasteiger partial charge in [-0.3, -0.25) is 14.4 Å². The summed E-state index contributed by atoms with van der Waals surface area (Å²) in [6.45, 7) is 4.05. The zero-order valence-corrected chi connectivity index (χ0v) is 15.5. The average molecular weight is 360 g/mol. The molecule has 0 aromatic carbocycles. The van der Waals surface area contributed by atoms with Crippen LogP contribution in [0.5, 0.6) is 0 Å². The molecule has 0 amide bonds. The van der Waals surface area contributed by atoms with Gasteiger partial charge in [0.2, 0.25) is 5.78 Å². The van der Waals surface area contributed by atoms with Gasteiger partial charge in [0.25, 0.3) is 0 Å². The third-order valence-corrected chi connectivity index (χ3v) is 8.56. The van der Waals surface area contributed by atoms with Crippen LogP contribution in [-0.4, -0.2) is 39.8 Å². The van der Waals surface area contributed by atoms with E-state index in [0.29, 0.717) is 25.7 Å². The van der Waals surface area contributed by atoms with Crippen molar-refractivity contribution in [3.05, 3.63) is 11.6 Å². The van der Waals surface area contributed by atoms with E-state index in [9.17, 15) is 24.6 Å². The summed E-state index contributed by atoms with van der Waals surface area (Å²) in [7, 11) is 0. The van der Waals surface area contributed by atoms with E-state index in [0.717, 1.165) is 24.8 Å². The van der Waals surface area contributed by atoms with Gasteiger partial charge in [0.05, 0.1) is 6.10 Å². The molecule has 142 valence electrons. The number of Topliss-reactive ketones (excluding diaryl/α,β-unsaturated/α-hetero) is 1. The fourth-order valence-corrected chi connectivity index (χ4v) is 7.19. The van der Waals surface area contributed by atoms with Crippen LogP contribution in [0.1, 0.15) is 58.8 Å². The number of aliphatic hydroxyl groups excluding tert-OH is 1. The van der Waals surface area contributed by atoms with Gasteiger partial charge in [-0.1, -0.05) is 19.4 Å². The van der Waals surface area contributed by atoms with E-state index < -0.39 is 22.9 Å². The zero-order chi connectivity index (χ0) is 18.9. The number of aldehydes is 1. The summed E-state index contributed by atoms with van der Waals surface area (Å²) >= 11 is 0. The summed E-state index contributed by atoms with van der Waals surface area (Å²) in [5, 5.41) is 22.3. The molecule has 0 heterocycles. The summed E-state index contributed by atoms with van der Waals surface area (Å²) in [6, 6.07) is 0. The van der Waals surface area contributed by atoms with E-state index in [4.69, 9.17) is 0 Å². The molecule has 0 saturated heterocycles. The van der Waals surface area contributed by atoms with E-state index >= 15 is 0 Å². The first-order chi connectivity index (χ1) is 12.2. The van der Waals surface area contributed by atoms with Crippen molar-refractivity contribution < 1.29 is 24.6 Å². The molecule has 0 aliphatic heterocycles. The highest BCUT2D eigenvalue weighted by molar-refractivity contribution is 6.29. The number of carbonyl (C=O) groups excluding carboxylic acids is 3. The maximum absolute atomic E-state index is 12.2. The Morgan fingerprint density at radius 3 is 2.65 bits per heavy atom. The number of rotatable bonds is 2. The van der Waals surface area contributed by atoms with E-state index in [1.165, 1.54) is 0 Å². The van der Waals surface area contributed by atoms with Crippen LogP contribution in [0, 0.1) is 28.6 Å². The second-order valence-electron chi connectivity index (χ2n) is 9.46. The normalized spacial score (nSPS) is 50.3. The lowest BCUT2D eigenvalue weighted by atomic mass is 9.45. The molecule has 5 heteroatoms. The molecule has 4 aliphatic carbocycles. The molecule has 0 aromatic rings. The lowest BCUT2D eigenvalue weighted by Crippen LogP contribution is -2.61. The van der Waals surface area contributed by atoms with E-state index in [2.05, 4.69) is 6.92 Å². The number of carbonyl (C=O) groups is 3. The van der Waals surface area contributed by atoms with Crippen LogP contribution in [0.2, 0.25) is 0 Å². The topological polar surface area (TPSA) is 91.7 Å². The Morgan fingerprint density at radius 1 is 1.23 bits per heavy atom. The van der Waals surface area contributed by atoms with Crippen LogP contribution < -0.4 is 0 Å². The third kappa shape index (κ3) is 2.07. The first kappa shape index (κ1) is 18.1. The zero-order valence-electron chi connectivity index (χ0n) is 15.5. The molecule has 26 heavy (non-hydrogen) atoms. The average Bonchev–Trinajstić information content (AvgIpc) is 2.86. The Balaban J connectivity index is 1.75. The minimum atomic E-state index is -1.66. The molecule has 3 fully saturated rings. The predicted octanol–water partition coefficient (Wildman–Crippen LogP) is 1.99. The van der Waals surface area contributed by atoms with Crippen molar-refractivity contribution >= 4 is 17.9 Å². The van der Waals surface area contributed by atoms with E-state index in [1.807, 2.05) is 6.92 Å². The van der Waals surface area contributed by atoms with Crippen LogP contribution in [0.3, 0.4) is 0 Å². The molecule has 0 radical (unpaired) electrons. The standard InChI is InChI=1S/C21H28O5/c1-19-7-5-13(23)9-12(19)3-4-14-15-6-8-21(26,17(25)11-22)20(15,2)10-16(24)18(14)19/h9,11,14-16,18,24,26H,3-8,10H2,1-2H3/t14-,15-,16-,18+,19-,20-,21-/m0/s1. The van der Waals surface area contributed by atoms with Crippen LogP contribution in [0.4, 0.5) is 0 Å². The largest absolute Gasteiger partial charge is 0.393 e. The van der Waals surface area contributed by atoms with E-state index in [-0.39, 0.29) is 35.2 Å². The summed E-state index contributed by atoms with van der Waals surface area (Å²) in [4.78, 5) is 35.3. The lowest BCUT2D eigenvalue weighted by molar-refractivity contribution is -0.180. The fourth-order valence-electron chi connectivity index (χ4n) is 7.19. The van der Waals surface area contributed by atoms with Crippen molar-refractivity contribution in [1.82, 2.24) is 0 Å². The molecule has 0 unspecified atom stereocenters. The number of aliphatic hydroxyl groups is 2. The van der Waals surface area contributed by atoms with Crippen LogP contribution in [0.25, 0.3) is 0 Å². The number of hydrogen-bond donors (Lipinski definition) is 2. The Kier molecular flexibility index (Phi) is 3.88. The molecule has 0 spiro atoms. The number of hydrogen-bond acceptors (Lipinski definition) is 5. The predicted molar refractivity (Wildman–Crippen MR) is 94.1 cm³/mol. The van der Waals surface area contributed by atoms with Gasteiger partial charge >= 0.3 is 0 Å². The second-order valence-corrected chi connectivity index (χ2v) is 9.46. The monoisotopic (exact) mass is 360 g/mol. The smallest absolute Gasteiger partial charge is 0.227 e. The Hall–Kier alpha value is -1.33. The van der Waals surface area contributed by atoms with Crippen LogP contribution in [-0.2, 0) is 14.4 Å². The molecule has 3 saturated carbocycles. The molecular weight excluding hydrogens is 332 g/mol. The summed E-state index contributed by atoms with van der Waals surface area (Å²) in [5.41, 5.74) is -1.46. The molecule has 0 bridgehead atoms. The van der Waals surface area contributed by atoms with Crippen molar-refractivity contribution in [1.29, 1.82) is 0 Å². The van der Waals surface area contributed by atoms with Crippen molar-refractivity contribution in [2.75, 3.05) is 0 Å². The summed E-state index contributed by atoms with van der Waals surface area (Å²) < 4.78 is 0. The molecule has 4 rings (SSSR count). The maximum Gasteiger partial charge on any atom is 0.227 e. The highest BCUT2D eigenvalue weighted by atomic mass is 16.3. The van der Waals surface area contributed by atoms with Crippen molar-refractivity contribution in [2.45, 2.75) is 70.5 Å².